The van der Waals surface area contributed by atoms with Crippen LogP contribution in [0.25, 0.3) is 0 Å². The van der Waals surface area contributed by atoms with Gasteiger partial charge in [-0.2, -0.15) is 33.7 Å². The normalized spacial score (nSPS) is 29.8. The number of benzene rings is 1. The summed E-state index contributed by atoms with van der Waals surface area (Å²) < 4.78 is 68.0. The minimum atomic E-state index is -5.44. The van der Waals surface area contributed by atoms with Gasteiger partial charge in [-0.25, -0.2) is 0 Å². The molecule has 6 atom stereocenters. The van der Waals surface area contributed by atoms with Gasteiger partial charge >= 0.3 is 12.1 Å². The zero-order chi connectivity index (χ0) is 29.7. The van der Waals surface area contributed by atoms with Crippen molar-refractivity contribution in [3.05, 3.63) is 41.5 Å². The third kappa shape index (κ3) is 7.63. The van der Waals surface area contributed by atoms with Gasteiger partial charge < -0.3 is 9.84 Å². The van der Waals surface area contributed by atoms with E-state index in [1.54, 1.807) is 7.11 Å². The van der Waals surface area contributed by atoms with Crippen molar-refractivity contribution in [2.75, 3.05) is 18.6 Å². The van der Waals surface area contributed by atoms with Crippen molar-refractivity contribution in [3.8, 4) is 5.75 Å². The molecule has 4 unspecified atom stereocenters. The van der Waals surface area contributed by atoms with Crippen molar-refractivity contribution in [2.24, 2.45) is 23.2 Å². The molecule has 0 heterocycles. The Labute approximate surface area is 246 Å². The highest BCUT2D eigenvalue weighted by molar-refractivity contribution is 7.99. The molecule has 0 saturated heterocycles. The summed E-state index contributed by atoms with van der Waals surface area (Å²) in [5.74, 6) is -0.197. The van der Waals surface area contributed by atoms with Crippen LogP contribution in [-0.4, -0.2) is 41.9 Å². The first-order chi connectivity index (χ1) is 19.5. The van der Waals surface area contributed by atoms with E-state index in [-0.39, 0.29) is 17.9 Å². The number of hydrogen-bond acceptors (Lipinski definition) is 3. The van der Waals surface area contributed by atoms with E-state index in [4.69, 9.17) is 4.74 Å². The second-order valence-electron chi connectivity index (χ2n) is 12.8. The van der Waals surface area contributed by atoms with Crippen molar-refractivity contribution < 1.29 is 31.8 Å². The Morgan fingerprint density at radius 2 is 1.76 bits per heavy atom. The smallest absolute Gasteiger partial charge is 0.453 e. The van der Waals surface area contributed by atoms with Crippen LogP contribution in [0.5, 0.6) is 5.75 Å². The number of aliphatic hydroxyl groups is 1. The molecule has 2 fully saturated rings. The summed E-state index contributed by atoms with van der Waals surface area (Å²) in [5, 5.41) is 10.9. The summed E-state index contributed by atoms with van der Waals surface area (Å²) in [7, 11) is 1.73. The lowest BCUT2D eigenvalue weighted by Crippen LogP contribution is -2.47. The average Bonchev–Trinajstić information content (AvgIpc) is 3.23. The van der Waals surface area contributed by atoms with Crippen LogP contribution in [0, 0.1) is 23.2 Å². The van der Waals surface area contributed by atoms with Gasteiger partial charge in [-0.05, 0) is 128 Å². The van der Waals surface area contributed by atoms with Crippen LogP contribution in [0.15, 0.2) is 30.4 Å². The second-order valence-corrected chi connectivity index (χ2v) is 14.0. The molecule has 2 saturated carbocycles. The average molecular weight is 603 g/mol. The van der Waals surface area contributed by atoms with Crippen molar-refractivity contribution in [2.45, 2.75) is 115 Å². The fourth-order valence-corrected chi connectivity index (χ4v) is 8.90. The van der Waals surface area contributed by atoms with E-state index in [1.165, 1.54) is 22.9 Å². The van der Waals surface area contributed by atoms with Crippen LogP contribution in [0.1, 0.15) is 101 Å². The number of thioether (sulfide) groups is 1. The maximum absolute atomic E-state index is 12.9. The molecule has 0 aliphatic heterocycles. The summed E-state index contributed by atoms with van der Waals surface area (Å²) in [6, 6.07) is 6.62. The number of rotatable bonds is 14. The van der Waals surface area contributed by atoms with Gasteiger partial charge in [0.15, 0.2) is 0 Å². The summed E-state index contributed by atoms with van der Waals surface area (Å²) in [6.07, 6.45) is 9.47. The Kier molecular flexibility index (Phi) is 11.1. The number of fused-ring (bicyclic) bond motifs is 5. The minimum Gasteiger partial charge on any atom is -0.497 e. The predicted molar refractivity (Wildman–Crippen MR) is 157 cm³/mol. The highest BCUT2D eigenvalue weighted by Crippen LogP contribution is 2.62. The highest BCUT2D eigenvalue weighted by Gasteiger charge is 2.57. The summed E-state index contributed by atoms with van der Waals surface area (Å²) in [4.78, 5) is 0. The van der Waals surface area contributed by atoms with E-state index in [9.17, 15) is 27.1 Å². The fraction of sp³-hybridized carbons (Fsp3) is 0.758. The Hall–Kier alpha value is -1.28. The first-order valence-corrected chi connectivity index (χ1v) is 16.7. The van der Waals surface area contributed by atoms with Gasteiger partial charge in [-0.1, -0.05) is 38.0 Å². The molecule has 3 aliphatic carbocycles. The highest BCUT2D eigenvalue weighted by atomic mass is 32.2. The summed E-state index contributed by atoms with van der Waals surface area (Å²) in [5.41, 5.74) is 2.97. The zero-order valence-electron chi connectivity index (χ0n) is 24.5. The van der Waals surface area contributed by atoms with Crippen molar-refractivity contribution >= 4 is 11.8 Å². The first kappa shape index (κ1) is 32.6. The lowest BCUT2D eigenvalue weighted by molar-refractivity contribution is -0.284. The molecule has 232 valence electrons. The van der Waals surface area contributed by atoms with Gasteiger partial charge in [0.25, 0.3) is 0 Å². The molecule has 3 aliphatic rings. The third-order valence-electron chi connectivity index (χ3n) is 10.3. The van der Waals surface area contributed by atoms with Crippen molar-refractivity contribution in [1.29, 1.82) is 0 Å². The molecule has 0 aromatic heterocycles. The quantitative estimate of drug-likeness (QED) is 0.131. The van der Waals surface area contributed by atoms with E-state index < -0.39 is 18.5 Å². The number of ether oxygens (including phenoxy) is 1. The van der Waals surface area contributed by atoms with Crippen LogP contribution in [0.4, 0.5) is 22.0 Å². The third-order valence-corrected chi connectivity index (χ3v) is 11.4. The number of unbranched alkanes of at least 4 members (excludes halogenated alkanes) is 4. The Bertz CT molecular complexity index is 1010. The number of allylic oxidation sites excluding steroid dienone is 2. The van der Waals surface area contributed by atoms with Gasteiger partial charge in [0, 0.05) is 6.42 Å². The van der Waals surface area contributed by atoms with Gasteiger partial charge in [-0.15, -0.1) is 0 Å². The Balaban J connectivity index is 1.19. The lowest BCUT2D eigenvalue weighted by atomic mass is 9.52. The van der Waals surface area contributed by atoms with Gasteiger partial charge in [0.05, 0.1) is 13.2 Å². The molecule has 0 spiro atoms. The number of methoxy groups -OCH3 is 1. The minimum absolute atomic E-state index is 0.0412. The SMILES string of the molecule is COc1ccc2c(c1)C[C@@H](C/C=C/CCCCCCSCCCC(F)(F)C(F)(F)F)C1C2CC[C@]2(C)C(O)CCC12. The molecule has 2 nitrogen and oxygen atoms in total. The van der Waals surface area contributed by atoms with Gasteiger partial charge in [0.2, 0.25) is 0 Å². The Morgan fingerprint density at radius 3 is 2.51 bits per heavy atom. The second kappa shape index (κ2) is 14.0. The number of aliphatic hydroxyl groups excluding tert-OH is 1. The summed E-state index contributed by atoms with van der Waals surface area (Å²) >= 11 is 1.47. The monoisotopic (exact) mass is 602 g/mol. The van der Waals surface area contributed by atoms with Crippen LogP contribution >= 0.6 is 11.8 Å². The van der Waals surface area contributed by atoms with Crippen LogP contribution in [0.2, 0.25) is 0 Å². The van der Waals surface area contributed by atoms with Gasteiger partial charge in [0.1, 0.15) is 5.75 Å². The molecule has 0 bridgehead atoms. The molecular formula is C33H47F5O2S. The number of hydrogen-bond donors (Lipinski definition) is 1. The van der Waals surface area contributed by atoms with E-state index in [0.29, 0.717) is 29.4 Å². The molecule has 4 rings (SSSR count). The van der Waals surface area contributed by atoms with Crippen molar-refractivity contribution in [3.63, 3.8) is 0 Å². The summed E-state index contributed by atoms with van der Waals surface area (Å²) in [6.45, 7) is 2.33. The Morgan fingerprint density at radius 1 is 1.00 bits per heavy atom. The van der Waals surface area contributed by atoms with E-state index in [0.717, 1.165) is 82.1 Å². The van der Waals surface area contributed by atoms with Crippen LogP contribution < -0.4 is 4.74 Å². The van der Waals surface area contributed by atoms with E-state index in [2.05, 4.69) is 37.3 Å². The number of alkyl halides is 5. The molecule has 41 heavy (non-hydrogen) atoms. The fourth-order valence-electron chi connectivity index (χ4n) is 7.94. The van der Waals surface area contributed by atoms with Crippen LogP contribution in [-0.2, 0) is 6.42 Å². The lowest BCUT2D eigenvalue weighted by Gasteiger charge is -2.53. The molecule has 1 aromatic rings. The maximum Gasteiger partial charge on any atom is 0.453 e. The molecule has 0 radical (unpaired) electrons. The molecular weight excluding hydrogens is 555 g/mol. The largest absolute Gasteiger partial charge is 0.497 e. The predicted octanol–water partition coefficient (Wildman–Crippen LogP) is 9.75. The molecule has 1 aromatic carbocycles. The molecule has 1 N–H and O–H groups in total. The molecule has 8 heteroatoms. The first-order valence-electron chi connectivity index (χ1n) is 15.5. The number of halogens is 5. The maximum atomic E-state index is 12.9. The standard InChI is InChI=1S/C33H47F5O2S/c1-31-18-16-27-26-13-12-25(40-2)22-24(26)21-23(30(27)28(31)14-15-29(31)39)11-8-6-4-3-5-7-9-19-41-20-10-17-32(34,35)33(36,37)38/h6,8,12-13,22-23,27-30,39H,3-5,7,9-11,14-21H2,1-2H3/b8-6+/t23-,27?,28?,29?,30?,31+/m1/s1. The van der Waals surface area contributed by atoms with Crippen LogP contribution in [0.3, 0.4) is 0 Å². The van der Waals surface area contributed by atoms with E-state index >= 15 is 0 Å². The zero-order valence-corrected chi connectivity index (χ0v) is 25.4. The topological polar surface area (TPSA) is 29.5 Å². The van der Waals surface area contributed by atoms with Gasteiger partial charge in [-0.3, -0.25) is 0 Å². The van der Waals surface area contributed by atoms with Crippen molar-refractivity contribution in [1.82, 2.24) is 0 Å². The molecule has 0 amide bonds. The van der Waals surface area contributed by atoms with E-state index in [1.807, 2.05) is 0 Å².